The number of allylic oxidation sites excluding steroid dienone is 1. The van der Waals surface area contributed by atoms with E-state index in [4.69, 9.17) is 4.74 Å². The number of aromatic nitrogens is 3. The summed E-state index contributed by atoms with van der Waals surface area (Å²) in [5, 5.41) is 10.1. The maximum Gasteiger partial charge on any atom is 0.251 e. The van der Waals surface area contributed by atoms with Crippen LogP contribution < -0.4 is 20.7 Å². The van der Waals surface area contributed by atoms with Gasteiger partial charge in [0.25, 0.3) is 5.91 Å². The predicted octanol–water partition coefficient (Wildman–Crippen LogP) is 6.18. The summed E-state index contributed by atoms with van der Waals surface area (Å²) in [6, 6.07) is 8.85. The molecule has 0 unspecified atom stereocenters. The molecule has 1 amide bonds. The Morgan fingerprint density at radius 2 is 1.70 bits per heavy atom. The molecule has 1 fully saturated rings. The van der Waals surface area contributed by atoms with Gasteiger partial charge in [-0.05, 0) is 87.9 Å². The lowest BCUT2D eigenvalue weighted by Crippen LogP contribution is -2.43. The Labute approximate surface area is 256 Å². The van der Waals surface area contributed by atoms with E-state index in [2.05, 4.69) is 44.7 Å². The van der Waals surface area contributed by atoms with E-state index >= 15 is 0 Å². The minimum Gasteiger partial charge on any atom is -0.494 e. The molecule has 44 heavy (non-hydrogen) atoms. The summed E-state index contributed by atoms with van der Waals surface area (Å²) in [6.45, 7) is 6.11. The van der Waals surface area contributed by atoms with Crippen molar-refractivity contribution in [3.8, 4) is 17.0 Å². The second kappa shape index (κ2) is 12.9. The molecule has 0 aliphatic heterocycles. The Morgan fingerprint density at radius 3 is 2.34 bits per heavy atom. The zero-order chi connectivity index (χ0) is 31.5. The molecule has 5 rings (SSSR count). The smallest absolute Gasteiger partial charge is 0.251 e. The van der Waals surface area contributed by atoms with E-state index in [1.807, 2.05) is 33.2 Å². The molecule has 2 aromatic carbocycles. The van der Waals surface area contributed by atoms with Crippen LogP contribution in [-0.2, 0) is 0 Å². The number of halogens is 2. The van der Waals surface area contributed by atoms with Gasteiger partial charge in [0.1, 0.15) is 0 Å². The number of amides is 1. The number of carbonyl (C=O) groups excluding carboxylic acids is 1. The van der Waals surface area contributed by atoms with Crippen molar-refractivity contribution in [3.05, 3.63) is 83.1 Å². The molecule has 2 aromatic heterocycles. The number of nitrogens with one attached hydrogen (secondary N) is 3. The molecule has 11 heteroatoms. The SMILES string of the molecule is COc1ccc(-c2cnc3c(Nc4ccc(C(=O)NC5CCC(NC(=C(C)C)N(C)C)CC5)c(C)c4)nccn23)c(F)c1F. The third-order valence-corrected chi connectivity index (χ3v) is 8.03. The highest BCUT2D eigenvalue weighted by Gasteiger charge is 2.24. The van der Waals surface area contributed by atoms with Crippen LogP contribution in [0.4, 0.5) is 20.3 Å². The maximum absolute atomic E-state index is 14.8. The molecule has 0 spiro atoms. The monoisotopic (exact) mass is 603 g/mol. The summed E-state index contributed by atoms with van der Waals surface area (Å²) in [6.07, 6.45) is 8.48. The van der Waals surface area contributed by atoms with E-state index in [9.17, 15) is 13.6 Å². The number of hydrogen-bond acceptors (Lipinski definition) is 7. The number of fused-ring (bicyclic) bond motifs is 1. The zero-order valence-corrected chi connectivity index (χ0v) is 26.0. The standard InChI is InChI=1S/C33H39F2N7O2/c1-19(2)31(41(4)5)39-21-7-9-22(10-8-21)40-33(43)24-12-11-23(17-20(24)3)38-30-32-37-18-26(42(32)16-15-36-30)25-13-14-27(44-6)29(35)28(25)34/h11-18,21-22,39H,7-10H2,1-6H3,(H,36,38)(H,40,43). The van der Waals surface area contributed by atoms with Crippen LogP contribution in [0.15, 0.2) is 60.3 Å². The topological polar surface area (TPSA) is 95.8 Å². The van der Waals surface area contributed by atoms with Crippen molar-refractivity contribution in [3.63, 3.8) is 0 Å². The third kappa shape index (κ3) is 6.31. The van der Waals surface area contributed by atoms with Gasteiger partial charge in [-0.3, -0.25) is 9.20 Å². The van der Waals surface area contributed by atoms with Gasteiger partial charge in [-0.1, -0.05) is 0 Å². The number of carbonyl (C=O) groups is 1. The van der Waals surface area contributed by atoms with Gasteiger partial charge in [-0.2, -0.15) is 4.39 Å². The van der Waals surface area contributed by atoms with E-state index in [0.717, 1.165) is 37.1 Å². The second-order valence-corrected chi connectivity index (χ2v) is 11.6. The van der Waals surface area contributed by atoms with Crippen molar-refractivity contribution < 1.29 is 18.3 Å². The molecule has 4 aromatic rings. The summed E-state index contributed by atoms with van der Waals surface area (Å²) in [4.78, 5) is 24.1. The Kier molecular flexibility index (Phi) is 9.03. The van der Waals surface area contributed by atoms with Gasteiger partial charge in [0.05, 0.1) is 24.8 Å². The maximum atomic E-state index is 14.8. The average Bonchev–Trinajstić information content (AvgIpc) is 3.42. The first-order valence-corrected chi connectivity index (χ1v) is 14.7. The Balaban J connectivity index is 1.25. The normalized spacial score (nSPS) is 16.4. The summed E-state index contributed by atoms with van der Waals surface area (Å²) in [7, 11) is 5.38. The Morgan fingerprint density at radius 1 is 1.00 bits per heavy atom. The van der Waals surface area contributed by atoms with Crippen molar-refractivity contribution in [2.75, 3.05) is 26.5 Å². The number of hydrogen-bond donors (Lipinski definition) is 3. The number of rotatable bonds is 9. The van der Waals surface area contributed by atoms with Crippen LogP contribution in [-0.4, -0.2) is 58.5 Å². The molecule has 0 radical (unpaired) electrons. The largest absolute Gasteiger partial charge is 0.494 e. The van der Waals surface area contributed by atoms with E-state index < -0.39 is 11.6 Å². The number of anilines is 2. The van der Waals surface area contributed by atoms with Gasteiger partial charge >= 0.3 is 0 Å². The van der Waals surface area contributed by atoms with Crippen LogP contribution in [0.2, 0.25) is 0 Å². The fraction of sp³-hybridized carbons (Fsp3) is 0.364. The van der Waals surface area contributed by atoms with Crippen LogP contribution in [0.1, 0.15) is 55.5 Å². The fourth-order valence-corrected chi connectivity index (χ4v) is 5.79. The van der Waals surface area contributed by atoms with Crippen molar-refractivity contribution in [1.82, 2.24) is 29.9 Å². The first-order valence-electron chi connectivity index (χ1n) is 14.7. The highest BCUT2D eigenvalue weighted by molar-refractivity contribution is 5.96. The number of methoxy groups -OCH3 is 1. The molecule has 2 heterocycles. The molecule has 1 aliphatic carbocycles. The van der Waals surface area contributed by atoms with Crippen molar-refractivity contribution in [2.45, 2.75) is 58.5 Å². The highest BCUT2D eigenvalue weighted by atomic mass is 19.2. The summed E-state index contributed by atoms with van der Waals surface area (Å²) in [5.41, 5.74) is 4.25. The molecule has 0 bridgehead atoms. The molecule has 0 saturated heterocycles. The molecular formula is C33H39F2N7O2. The van der Waals surface area contributed by atoms with Crippen LogP contribution in [0.5, 0.6) is 5.75 Å². The highest BCUT2D eigenvalue weighted by Crippen LogP contribution is 2.32. The van der Waals surface area contributed by atoms with E-state index in [-0.39, 0.29) is 23.3 Å². The number of imidazole rings is 1. The number of ether oxygens (including phenoxy) is 1. The quantitative estimate of drug-likeness (QED) is 0.210. The van der Waals surface area contributed by atoms with Crippen LogP contribution in [0.3, 0.4) is 0 Å². The van der Waals surface area contributed by atoms with Crippen molar-refractivity contribution in [1.29, 1.82) is 0 Å². The van der Waals surface area contributed by atoms with Gasteiger partial charge < -0.3 is 25.6 Å². The van der Waals surface area contributed by atoms with E-state index in [1.165, 1.54) is 31.0 Å². The minimum atomic E-state index is -1.06. The molecule has 1 saturated carbocycles. The molecule has 232 valence electrons. The van der Waals surface area contributed by atoms with Crippen LogP contribution in [0, 0.1) is 18.6 Å². The molecular weight excluding hydrogens is 564 g/mol. The lowest BCUT2D eigenvalue weighted by Gasteiger charge is -2.33. The molecule has 3 N–H and O–H groups in total. The third-order valence-electron chi connectivity index (χ3n) is 8.03. The van der Waals surface area contributed by atoms with Crippen LogP contribution >= 0.6 is 0 Å². The van der Waals surface area contributed by atoms with Crippen molar-refractivity contribution >= 4 is 23.1 Å². The first-order chi connectivity index (χ1) is 21.1. The van der Waals surface area contributed by atoms with E-state index in [0.29, 0.717) is 34.5 Å². The summed E-state index contributed by atoms with van der Waals surface area (Å²) < 4.78 is 35.7. The Bertz CT molecular complexity index is 1700. The van der Waals surface area contributed by atoms with Gasteiger partial charge in [-0.25, -0.2) is 14.4 Å². The summed E-state index contributed by atoms with van der Waals surface area (Å²) in [5.74, 6) is -0.752. The Hall–Kier alpha value is -4.67. The number of aryl methyl sites for hydroxylation is 1. The first kappa shape index (κ1) is 30.8. The predicted molar refractivity (Wildman–Crippen MR) is 168 cm³/mol. The van der Waals surface area contributed by atoms with Gasteiger partial charge in [-0.15, -0.1) is 0 Å². The van der Waals surface area contributed by atoms with Gasteiger partial charge in [0.2, 0.25) is 5.82 Å². The van der Waals surface area contributed by atoms with Crippen LogP contribution in [0.25, 0.3) is 16.9 Å². The average molecular weight is 604 g/mol. The molecule has 0 atom stereocenters. The number of nitrogens with zero attached hydrogens (tertiary/aromatic N) is 4. The number of benzene rings is 2. The molecule has 1 aliphatic rings. The van der Waals surface area contributed by atoms with E-state index in [1.54, 1.807) is 22.9 Å². The van der Waals surface area contributed by atoms with Gasteiger partial charge in [0, 0.05) is 55.4 Å². The minimum absolute atomic E-state index is 0.0510. The fourth-order valence-electron chi connectivity index (χ4n) is 5.79. The van der Waals surface area contributed by atoms with Crippen molar-refractivity contribution in [2.24, 2.45) is 0 Å². The lowest BCUT2D eigenvalue weighted by molar-refractivity contribution is 0.0923. The molecule has 9 nitrogen and oxygen atoms in total. The zero-order valence-electron chi connectivity index (χ0n) is 26.0. The van der Waals surface area contributed by atoms with Gasteiger partial charge in [0.15, 0.2) is 23.0 Å². The second-order valence-electron chi connectivity index (χ2n) is 11.6. The lowest BCUT2D eigenvalue weighted by atomic mass is 9.90. The summed E-state index contributed by atoms with van der Waals surface area (Å²) >= 11 is 0.